The predicted molar refractivity (Wildman–Crippen MR) is 282 cm³/mol. The fourth-order valence-corrected chi connectivity index (χ4v) is 9.88. The highest BCUT2D eigenvalue weighted by Crippen LogP contribution is 2.19. The molecule has 0 aromatic heterocycles. The average Bonchev–Trinajstić information content (AvgIpc) is 3.29. The van der Waals surface area contributed by atoms with E-state index >= 15 is 0 Å². The number of carbonyl (C=O) groups is 1. The highest BCUT2D eigenvalue weighted by Gasteiger charge is 2.21. The highest BCUT2D eigenvalue weighted by molar-refractivity contribution is 5.76. The number of rotatable bonds is 56. The third-order valence-electron chi connectivity index (χ3n) is 14.4. The molecule has 5 nitrogen and oxygen atoms in total. The van der Waals surface area contributed by atoms with E-state index in [1.54, 1.807) is 0 Å². The summed E-state index contributed by atoms with van der Waals surface area (Å²) in [6, 6.07) is -0.654. The Bertz CT molecular complexity index is 868. The van der Waals surface area contributed by atoms with Gasteiger partial charge in [-0.3, -0.25) is 4.79 Å². The van der Waals surface area contributed by atoms with Crippen LogP contribution in [0, 0.1) is 0 Å². The minimum Gasteiger partial charge on any atom is -0.394 e. The first-order chi connectivity index (χ1) is 31.5. The van der Waals surface area contributed by atoms with Crippen LogP contribution in [0.2, 0.25) is 0 Å². The second kappa shape index (κ2) is 55.0. The minimum absolute atomic E-state index is 0.0437. The number of hydrogen-bond donors (Lipinski definition) is 4. The maximum absolute atomic E-state index is 12.5. The Kier molecular flexibility index (Phi) is 54.4. The molecule has 0 saturated carbocycles. The molecule has 1 amide bonds. The smallest absolute Gasteiger partial charge is 0.222 e. The number of amides is 1. The first-order valence-corrected chi connectivity index (χ1v) is 29.8. The molecule has 4 N–H and O–H groups in total. The molecule has 0 aliphatic carbocycles. The summed E-state index contributed by atoms with van der Waals surface area (Å²) in [7, 11) is 0. The van der Waals surface area contributed by atoms with Gasteiger partial charge in [-0.15, -0.1) is 0 Å². The van der Waals surface area contributed by atoms with Gasteiger partial charge in [0.25, 0.3) is 0 Å². The van der Waals surface area contributed by atoms with Crippen molar-refractivity contribution >= 4 is 5.91 Å². The molecular weight excluding hydrogens is 787 g/mol. The number of nitrogens with one attached hydrogen (secondary N) is 1. The van der Waals surface area contributed by atoms with E-state index in [-0.39, 0.29) is 18.9 Å². The molecule has 0 fully saturated rings. The highest BCUT2D eigenvalue weighted by atomic mass is 16.3. The standard InChI is InChI=1S/C59H119NO4/c1-3-5-7-9-11-13-15-17-19-21-23-24-25-26-27-28-29-30-31-32-33-34-35-36-38-40-42-44-46-48-50-52-56(62)54-59(64)60-57(55-61)58(63)53-51-49-47-45-43-41-39-37-22-20-18-16-14-12-10-8-6-4-2/h56-58,61-63H,3-55H2,1-2H3,(H,60,64). The molecule has 0 bridgehead atoms. The van der Waals surface area contributed by atoms with E-state index in [4.69, 9.17) is 0 Å². The van der Waals surface area contributed by atoms with Crippen molar-refractivity contribution in [1.82, 2.24) is 5.32 Å². The van der Waals surface area contributed by atoms with E-state index in [1.165, 1.54) is 289 Å². The van der Waals surface area contributed by atoms with Crippen molar-refractivity contribution in [2.24, 2.45) is 0 Å². The van der Waals surface area contributed by atoms with Gasteiger partial charge in [0.15, 0.2) is 0 Å². The Balaban J connectivity index is 3.44. The minimum atomic E-state index is -0.745. The Morgan fingerprint density at radius 2 is 0.531 bits per heavy atom. The molecule has 0 radical (unpaired) electrons. The maximum atomic E-state index is 12.5. The molecule has 0 aromatic rings. The van der Waals surface area contributed by atoms with Crippen LogP contribution in [0.3, 0.4) is 0 Å². The van der Waals surface area contributed by atoms with Crippen molar-refractivity contribution in [2.45, 2.75) is 366 Å². The Morgan fingerprint density at radius 1 is 0.328 bits per heavy atom. The zero-order valence-corrected chi connectivity index (χ0v) is 44.0. The topological polar surface area (TPSA) is 89.8 Å². The van der Waals surface area contributed by atoms with E-state index < -0.39 is 18.2 Å². The lowest BCUT2D eigenvalue weighted by atomic mass is 10.0. The number of unbranched alkanes of at least 4 members (excludes halogenated alkanes) is 47. The third kappa shape index (κ3) is 50.8. The molecule has 0 heterocycles. The summed E-state index contributed by atoms with van der Waals surface area (Å²) >= 11 is 0. The van der Waals surface area contributed by atoms with E-state index in [9.17, 15) is 20.1 Å². The van der Waals surface area contributed by atoms with Crippen LogP contribution in [0.1, 0.15) is 348 Å². The summed E-state index contributed by atoms with van der Waals surface area (Å²) in [5, 5.41) is 33.7. The largest absolute Gasteiger partial charge is 0.394 e. The molecule has 0 aromatic carbocycles. The van der Waals surface area contributed by atoms with Gasteiger partial charge in [-0.2, -0.15) is 0 Å². The van der Waals surface area contributed by atoms with Crippen molar-refractivity contribution in [3.8, 4) is 0 Å². The number of aliphatic hydroxyl groups is 3. The lowest BCUT2D eigenvalue weighted by Gasteiger charge is -2.23. The van der Waals surface area contributed by atoms with Crippen LogP contribution in [0.4, 0.5) is 0 Å². The van der Waals surface area contributed by atoms with Crippen LogP contribution in [-0.2, 0) is 4.79 Å². The van der Waals surface area contributed by atoms with Gasteiger partial charge in [0.1, 0.15) is 0 Å². The number of aliphatic hydroxyl groups excluding tert-OH is 3. The van der Waals surface area contributed by atoms with Crippen LogP contribution in [0.15, 0.2) is 0 Å². The van der Waals surface area contributed by atoms with E-state index in [0.717, 1.165) is 25.7 Å². The molecule has 0 aliphatic rings. The Hall–Kier alpha value is -0.650. The predicted octanol–water partition coefficient (Wildman–Crippen LogP) is 18.5. The lowest BCUT2D eigenvalue weighted by Crippen LogP contribution is -2.46. The fourth-order valence-electron chi connectivity index (χ4n) is 9.88. The monoisotopic (exact) mass is 906 g/mol. The van der Waals surface area contributed by atoms with Crippen molar-refractivity contribution in [3.63, 3.8) is 0 Å². The van der Waals surface area contributed by atoms with Crippen LogP contribution >= 0.6 is 0 Å². The quantitative estimate of drug-likeness (QED) is 0.0458. The molecule has 5 heteroatoms. The second-order valence-electron chi connectivity index (χ2n) is 21.0. The van der Waals surface area contributed by atoms with Crippen LogP contribution in [-0.4, -0.2) is 46.1 Å². The summed E-state index contributed by atoms with van der Waals surface area (Å²) in [5.74, 6) is -0.274. The SMILES string of the molecule is CCCCCCCCCCCCCCCCCCCCCCCCCCCCCCCCCC(O)CC(=O)NC(CO)C(O)CCCCCCCCCCCCCCCCCCCC. The third-order valence-corrected chi connectivity index (χ3v) is 14.4. The van der Waals surface area contributed by atoms with Crippen LogP contribution in [0.25, 0.3) is 0 Å². The summed E-state index contributed by atoms with van der Waals surface area (Å²) in [5.41, 5.74) is 0. The molecule has 0 rings (SSSR count). The van der Waals surface area contributed by atoms with Gasteiger partial charge >= 0.3 is 0 Å². The van der Waals surface area contributed by atoms with Crippen LogP contribution in [0.5, 0.6) is 0 Å². The van der Waals surface area contributed by atoms with Crippen LogP contribution < -0.4 is 5.32 Å². The summed E-state index contributed by atoms with van der Waals surface area (Å²) < 4.78 is 0. The molecule has 0 saturated heterocycles. The van der Waals surface area contributed by atoms with Gasteiger partial charge < -0.3 is 20.6 Å². The first-order valence-electron chi connectivity index (χ1n) is 29.8. The zero-order valence-electron chi connectivity index (χ0n) is 44.0. The van der Waals surface area contributed by atoms with Crippen molar-refractivity contribution in [2.75, 3.05) is 6.61 Å². The summed E-state index contributed by atoms with van der Waals surface area (Å²) in [6.07, 6.45) is 67.1. The van der Waals surface area contributed by atoms with Gasteiger partial charge in [0.05, 0.1) is 31.3 Å². The summed E-state index contributed by atoms with van der Waals surface area (Å²) in [6.45, 7) is 4.31. The normalized spacial score (nSPS) is 13.1. The van der Waals surface area contributed by atoms with E-state index in [0.29, 0.717) is 12.8 Å². The molecule has 64 heavy (non-hydrogen) atoms. The van der Waals surface area contributed by atoms with Crippen molar-refractivity contribution in [3.05, 3.63) is 0 Å². The van der Waals surface area contributed by atoms with E-state index in [2.05, 4.69) is 19.2 Å². The van der Waals surface area contributed by atoms with Crippen molar-refractivity contribution in [1.29, 1.82) is 0 Å². The van der Waals surface area contributed by atoms with Gasteiger partial charge in [-0.1, -0.05) is 328 Å². The van der Waals surface area contributed by atoms with Crippen molar-refractivity contribution < 1.29 is 20.1 Å². The van der Waals surface area contributed by atoms with Gasteiger partial charge in [-0.05, 0) is 12.8 Å². The molecule has 0 aliphatic heterocycles. The van der Waals surface area contributed by atoms with Gasteiger partial charge in [0.2, 0.25) is 5.91 Å². The zero-order chi connectivity index (χ0) is 46.5. The fraction of sp³-hybridized carbons (Fsp3) is 0.983. The van der Waals surface area contributed by atoms with Gasteiger partial charge in [0, 0.05) is 0 Å². The number of hydrogen-bond acceptors (Lipinski definition) is 4. The number of carbonyl (C=O) groups excluding carboxylic acids is 1. The van der Waals surface area contributed by atoms with Gasteiger partial charge in [-0.25, -0.2) is 0 Å². The second-order valence-corrected chi connectivity index (χ2v) is 21.0. The molecule has 3 unspecified atom stereocenters. The summed E-state index contributed by atoms with van der Waals surface area (Å²) in [4.78, 5) is 12.5. The van der Waals surface area contributed by atoms with E-state index in [1.807, 2.05) is 0 Å². The Morgan fingerprint density at radius 3 is 0.750 bits per heavy atom. The molecule has 3 atom stereocenters. The lowest BCUT2D eigenvalue weighted by molar-refractivity contribution is -0.125. The average molecular weight is 907 g/mol. The molecular formula is C59H119NO4. The maximum Gasteiger partial charge on any atom is 0.222 e. The molecule has 0 spiro atoms. The first kappa shape index (κ1) is 63.4. The Labute approximate surface area is 402 Å². The molecule has 384 valence electrons.